The first-order valence-corrected chi connectivity index (χ1v) is 8.21. The van der Waals surface area contributed by atoms with Gasteiger partial charge in [0.25, 0.3) is 0 Å². The van der Waals surface area contributed by atoms with Crippen LogP contribution in [-0.4, -0.2) is 64.0 Å². The maximum absolute atomic E-state index is 12.8. The van der Waals surface area contributed by atoms with Gasteiger partial charge in [0, 0.05) is 14.1 Å². The molecule has 1 aromatic rings. The zero-order chi connectivity index (χ0) is 19.4. The second-order valence-corrected chi connectivity index (χ2v) is 7.06. The van der Waals surface area contributed by atoms with Crippen LogP contribution in [0.5, 0.6) is 5.75 Å². The van der Waals surface area contributed by atoms with Crippen molar-refractivity contribution in [1.82, 2.24) is 9.21 Å². The van der Waals surface area contributed by atoms with Gasteiger partial charge in [-0.05, 0) is 18.2 Å². The van der Waals surface area contributed by atoms with Gasteiger partial charge in [0.15, 0.2) is 0 Å². The lowest BCUT2D eigenvalue weighted by atomic mass is 10.2. The van der Waals surface area contributed by atoms with E-state index in [0.29, 0.717) is 0 Å². The van der Waals surface area contributed by atoms with Gasteiger partial charge in [-0.15, -0.1) is 0 Å². The van der Waals surface area contributed by atoms with Crippen LogP contribution in [-0.2, 0) is 14.8 Å². The molecule has 138 valence electrons. The van der Waals surface area contributed by atoms with Crippen molar-refractivity contribution in [2.45, 2.75) is 11.1 Å². The molecular formula is C14H16F3N3O4S. The summed E-state index contributed by atoms with van der Waals surface area (Å²) in [6, 6.07) is 4.96. The van der Waals surface area contributed by atoms with Crippen LogP contribution in [0.3, 0.4) is 0 Å². The number of nitriles is 1. The summed E-state index contributed by atoms with van der Waals surface area (Å²) in [6.45, 7) is -2.82. The topological polar surface area (TPSA) is 90.7 Å². The fraction of sp³-hybridized carbons (Fsp3) is 0.429. The number of amides is 1. The van der Waals surface area contributed by atoms with E-state index in [2.05, 4.69) is 0 Å². The van der Waals surface area contributed by atoms with Crippen LogP contribution >= 0.6 is 0 Å². The van der Waals surface area contributed by atoms with E-state index in [-0.39, 0.29) is 15.6 Å². The molecule has 7 nitrogen and oxygen atoms in total. The number of carbonyl (C=O) groups is 1. The van der Waals surface area contributed by atoms with E-state index in [1.165, 1.54) is 14.1 Å². The van der Waals surface area contributed by atoms with Gasteiger partial charge in [-0.1, -0.05) is 0 Å². The Morgan fingerprint density at radius 2 is 1.92 bits per heavy atom. The second-order valence-electron chi connectivity index (χ2n) is 5.15. The van der Waals surface area contributed by atoms with Crippen LogP contribution < -0.4 is 4.74 Å². The van der Waals surface area contributed by atoms with Crippen molar-refractivity contribution in [3.8, 4) is 11.8 Å². The predicted molar refractivity (Wildman–Crippen MR) is 81.2 cm³/mol. The Bertz CT molecular complexity index is 785. The summed E-state index contributed by atoms with van der Waals surface area (Å²) in [5, 5.41) is 8.83. The van der Waals surface area contributed by atoms with Gasteiger partial charge in [0.1, 0.15) is 17.2 Å². The van der Waals surface area contributed by atoms with Gasteiger partial charge < -0.3 is 9.64 Å². The second kappa shape index (κ2) is 7.71. The minimum absolute atomic E-state index is 0.0270. The first kappa shape index (κ1) is 20.7. The van der Waals surface area contributed by atoms with E-state index in [4.69, 9.17) is 10.00 Å². The minimum atomic E-state index is -4.85. The number of hydrogen-bond donors (Lipinski definition) is 0. The lowest BCUT2D eigenvalue weighted by molar-refractivity contribution is -0.141. The SMILES string of the molecule is COc1cc(C#N)ccc1S(=O)(=O)N(CC(=O)N(C)C)CC(F)(F)F. The molecule has 0 aliphatic rings. The molecule has 0 saturated carbocycles. The van der Waals surface area contributed by atoms with Crippen LogP contribution in [0.4, 0.5) is 13.2 Å². The number of benzene rings is 1. The Hall–Kier alpha value is -2.32. The third-order valence-electron chi connectivity index (χ3n) is 3.08. The number of methoxy groups -OCH3 is 1. The van der Waals surface area contributed by atoms with E-state index in [0.717, 1.165) is 30.2 Å². The van der Waals surface area contributed by atoms with Crippen LogP contribution in [0.1, 0.15) is 5.56 Å². The molecule has 0 saturated heterocycles. The monoisotopic (exact) mass is 379 g/mol. The van der Waals surface area contributed by atoms with Crippen LogP contribution in [0, 0.1) is 11.3 Å². The summed E-state index contributed by atoms with van der Waals surface area (Å²) >= 11 is 0. The van der Waals surface area contributed by atoms with Gasteiger partial charge in [-0.2, -0.15) is 22.7 Å². The van der Waals surface area contributed by atoms with Gasteiger partial charge in [0.2, 0.25) is 15.9 Å². The summed E-state index contributed by atoms with van der Waals surface area (Å²) in [5.41, 5.74) is 0.0718. The molecule has 25 heavy (non-hydrogen) atoms. The van der Waals surface area contributed by atoms with Crippen molar-refractivity contribution in [3.05, 3.63) is 23.8 Å². The van der Waals surface area contributed by atoms with Gasteiger partial charge in [-0.25, -0.2) is 8.42 Å². The lowest BCUT2D eigenvalue weighted by Crippen LogP contribution is -2.44. The fourth-order valence-corrected chi connectivity index (χ4v) is 3.32. The molecule has 0 spiro atoms. The number of alkyl halides is 3. The molecular weight excluding hydrogens is 363 g/mol. The smallest absolute Gasteiger partial charge is 0.402 e. The van der Waals surface area contributed by atoms with Crippen molar-refractivity contribution in [2.24, 2.45) is 0 Å². The van der Waals surface area contributed by atoms with E-state index < -0.39 is 40.1 Å². The average Bonchev–Trinajstić information content (AvgIpc) is 2.51. The fourth-order valence-electron chi connectivity index (χ4n) is 1.81. The molecule has 1 rings (SSSR count). The predicted octanol–water partition coefficient (Wildman–Crippen LogP) is 1.21. The standard InChI is InChI=1S/C14H16F3N3O4S/c1-19(2)13(21)8-20(9-14(15,16)17)25(22,23)12-5-4-10(7-18)6-11(12)24-3/h4-6H,8-9H2,1-3H3. The number of sulfonamides is 1. The van der Waals surface area contributed by atoms with Crippen molar-refractivity contribution in [1.29, 1.82) is 5.26 Å². The third kappa shape index (κ3) is 5.33. The van der Waals surface area contributed by atoms with E-state index >= 15 is 0 Å². The highest BCUT2D eigenvalue weighted by atomic mass is 32.2. The van der Waals surface area contributed by atoms with Gasteiger partial charge in [0.05, 0.1) is 25.3 Å². The number of halogens is 3. The Labute approximate surface area is 143 Å². The third-order valence-corrected chi connectivity index (χ3v) is 4.91. The Kier molecular flexibility index (Phi) is 6.39. The molecule has 0 bridgehead atoms. The molecule has 0 aromatic heterocycles. The molecule has 0 radical (unpaired) electrons. The van der Waals surface area contributed by atoms with Crippen LogP contribution in [0.25, 0.3) is 0 Å². The summed E-state index contributed by atoms with van der Waals surface area (Å²) in [4.78, 5) is 12.2. The van der Waals surface area contributed by atoms with Crippen molar-refractivity contribution < 1.29 is 31.1 Å². The molecule has 0 N–H and O–H groups in total. The highest BCUT2D eigenvalue weighted by Gasteiger charge is 2.39. The number of rotatable bonds is 6. The Morgan fingerprint density at radius 1 is 1.32 bits per heavy atom. The molecule has 0 atom stereocenters. The molecule has 0 unspecified atom stereocenters. The molecule has 1 aromatic carbocycles. The molecule has 0 fully saturated rings. The number of carbonyl (C=O) groups excluding carboxylic acids is 1. The minimum Gasteiger partial charge on any atom is -0.495 e. The van der Waals surface area contributed by atoms with E-state index in [1.54, 1.807) is 6.07 Å². The number of likely N-dealkylation sites (N-methyl/N-ethyl adjacent to an activating group) is 1. The van der Waals surface area contributed by atoms with Gasteiger partial charge in [-0.3, -0.25) is 4.79 Å². The van der Waals surface area contributed by atoms with Gasteiger partial charge >= 0.3 is 6.18 Å². The number of hydrogen-bond acceptors (Lipinski definition) is 5. The maximum atomic E-state index is 12.8. The summed E-state index contributed by atoms with van der Waals surface area (Å²) < 4.78 is 68.6. The molecule has 0 aliphatic heterocycles. The first-order chi connectivity index (χ1) is 11.4. The van der Waals surface area contributed by atoms with Crippen molar-refractivity contribution >= 4 is 15.9 Å². The highest BCUT2D eigenvalue weighted by molar-refractivity contribution is 7.89. The quantitative estimate of drug-likeness (QED) is 0.741. The number of nitrogens with zero attached hydrogens (tertiary/aromatic N) is 3. The molecule has 1 amide bonds. The summed E-state index contributed by atoms with van der Waals surface area (Å²) in [6.07, 6.45) is -4.85. The Morgan fingerprint density at radius 3 is 2.36 bits per heavy atom. The number of ether oxygens (including phenoxy) is 1. The normalized spacial score (nSPS) is 11.9. The lowest BCUT2D eigenvalue weighted by Gasteiger charge is -2.25. The average molecular weight is 379 g/mol. The molecule has 0 aliphatic carbocycles. The van der Waals surface area contributed by atoms with Crippen LogP contribution in [0.2, 0.25) is 0 Å². The largest absolute Gasteiger partial charge is 0.495 e. The maximum Gasteiger partial charge on any atom is 0.402 e. The van der Waals surface area contributed by atoms with Crippen LogP contribution in [0.15, 0.2) is 23.1 Å². The zero-order valence-electron chi connectivity index (χ0n) is 13.7. The highest BCUT2D eigenvalue weighted by Crippen LogP contribution is 2.29. The zero-order valence-corrected chi connectivity index (χ0v) is 14.5. The van der Waals surface area contributed by atoms with Crippen molar-refractivity contribution in [2.75, 3.05) is 34.3 Å². The first-order valence-electron chi connectivity index (χ1n) is 6.77. The van der Waals surface area contributed by atoms with E-state index in [9.17, 15) is 26.4 Å². The molecule has 0 heterocycles. The summed E-state index contributed by atoms with van der Waals surface area (Å²) in [7, 11) is -0.990. The Balaban J connectivity index is 3.41. The molecule has 11 heteroatoms. The summed E-state index contributed by atoms with van der Waals surface area (Å²) in [5.74, 6) is -1.11. The van der Waals surface area contributed by atoms with Crippen molar-refractivity contribution in [3.63, 3.8) is 0 Å². The van der Waals surface area contributed by atoms with E-state index in [1.807, 2.05) is 0 Å².